The zero-order chi connectivity index (χ0) is 21.1. The predicted molar refractivity (Wildman–Crippen MR) is 117 cm³/mol. The molecule has 0 saturated carbocycles. The van der Waals surface area contributed by atoms with Crippen LogP contribution in [0.4, 0.5) is 0 Å². The molecule has 2 aromatic rings. The van der Waals surface area contributed by atoms with Crippen LogP contribution in [-0.2, 0) is 10.0 Å². The van der Waals surface area contributed by atoms with Gasteiger partial charge in [0, 0.05) is 24.9 Å². The minimum absolute atomic E-state index is 0.185. The molecule has 1 N–H and O–H groups in total. The number of rotatable bonds is 10. The largest absolute Gasteiger partial charge is 0.271 e. The highest BCUT2D eigenvalue weighted by atomic mass is 32.2. The zero-order valence-electron chi connectivity index (χ0n) is 16.8. The minimum atomic E-state index is -3.56. The summed E-state index contributed by atoms with van der Waals surface area (Å²) in [6.07, 6.45) is 6.57. The van der Waals surface area contributed by atoms with E-state index in [-0.39, 0.29) is 4.90 Å². The van der Waals surface area contributed by atoms with E-state index in [1.165, 1.54) is 34.8 Å². The molecule has 0 aliphatic heterocycles. The number of hydrogen-bond donors (Lipinski definition) is 1. The number of carbonyl (C=O) groups is 1. The Morgan fingerprint density at radius 3 is 2.21 bits per heavy atom. The number of hydrazone groups is 1. The van der Waals surface area contributed by atoms with Crippen molar-refractivity contribution in [3.05, 3.63) is 71.8 Å². The number of benzene rings is 2. The summed E-state index contributed by atoms with van der Waals surface area (Å²) in [5.41, 5.74) is 3.79. The number of allylic oxidation sites excluding steroid dienone is 1. The molecule has 6 nitrogen and oxygen atoms in total. The third-order valence-electron chi connectivity index (χ3n) is 4.12. The minimum Gasteiger partial charge on any atom is -0.267 e. The molecule has 0 aromatic heterocycles. The number of hydrogen-bond acceptors (Lipinski definition) is 4. The van der Waals surface area contributed by atoms with Crippen molar-refractivity contribution in [3.63, 3.8) is 0 Å². The molecule has 0 bridgehead atoms. The van der Waals surface area contributed by atoms with E-state index in [0.717, 1.165) is 18.4 Å². The van der Waals surface area contributed by atoms with Gasteiger partial charge in [-0.3, -0.25) is 4.79 Å². The van der Waals surface area contributed by atoms with Crippen LogP contribution in [0.1, 0.15) is 42.6 Å². The van der Waals surface area contributed by atoms with Crippen LogP contribution in [0.15, 0.2) is 70.7 Å². The van der Waals surface area contributed by atoms with Crippen LogP contribution in [-0.4, -0.2) is 37.9 Å². The summed E-state index contributed by atoms with van der Waals surface area (Å²) in [4.78, 5) is 12.4. The third kappa shape index (κ3) is 6.66. The molecule has 0 fully saturated rings. The van der Waals surface area contributed by atoms with Crippen molar-refractivity contribution < 1.29 is 13.2 Å². The highest BCUT2D eigenvalue weighted by Crippen LogP contribution is 2.17. The van der Waals surface area contributed by atoms with Crippen LogP contribution in [0.2, 0.25) is 0 Å². The number of nitrogens with one attached hydrogen (secondary N) is 1. The SMILES string of the molecule is CCCN(CCC)S(=O)(=O)c1ccc(C(=O)N/N=C\C=C\c2ccccc2)cc1. The van der Waals surface area contributed by atoms with E-state index in [4.69, 9.17) is 0 Å². The Hall–Kier alpha value is -2.77. The Balaban J connectivity index is 1.99. The van der Waals surface area contributed by atoms with Crippen molar-refractivity contribution in [1.82, 2.24) is 9.73 Å². The molecule has 0 heterocycles. The molecule has 0 spiro atoms. The van der Waals surface area contributed by atoms with Crippen LogP contribution < -0.4 is 5.43 Å². The monoisotopic (exact) mass is 413 g/mol. The van der Waals surface area contributed by atoms with Gasteiger partial charge in [-0.05, 0) is 48.7 Å². The summed E-state index contributed by atoms with van der Waals surface area (Å²) >= 11 is 0. The van der Waals surface area contributed by atoms with Crippen molar-refractivity contribution in [3.8, 4) is 0 Å². The van der Waals surface area contributed by atoms with Gasteiger partial charge < -0.3 is 0 Å². The van der Waals surface area contributed by atoms with Crippen molar-refractivity contribution in [2.75, 3.05) is 13.1 Å². The average molecular weight is 414 g/mol. The van der Waals surface area contributed by atoms with Crippen molar-refractivity contribution in [2.45, 2.75) is 31.6 Å². The second-order valence-electron chi connectivity index (χ2n) is 6.42. The van der Waals surface area contributed by atoms with Gasteiger partial charge in [0.2, 0.25) is 10.0 Å². The highest BCUT2D eigenvalue weighted by Gasteiger charge is 2.23. The Kier molecular flexibility index (Phi) is 8.76. The Morgan fingerprint density at radius 1 is 1.00 bits per heavy atom. The molecule has 0 atom stereocenters. The van der Waals surface area contributed by atoms with E-state index in [0.29, 0.717) is 18.7 Å². The third-order valence-corrected chi connectivity index (χ3v) is 6.03. The Bertz CT molecular complexity index is 931. The van der Waals surface area contributed by atoms with Gasteiger partial charge in [0.05, 0.1) is 4.90 Å². The molecule has 2 aromatic carbocycles. The normalized spacial score (nSPS) is 12.1. The summed E-state index contributed by atoms with van der Waals surface area (Å²) in [6.45, 7) is 4.84. The molecule has 154 valence electrons. The van der Waals surface area contributed by atoms with E-state index in [2.05, 4.69) is 10.5 Å². The fourth-order valence-electron chi connectivity index (χ4n) is 2.70. The molecule has 29 heavy (non-hydrogen) atoms. The molecule has 0 saturated heterocycles. The summed E-state index contributed by atoms with van der Waals surface area (Å²) in [5.74, 6) is -0.405. The fraction of sp³-hybridized carbons (Fsp3) is 0.273. The smallest absolute Gasteiger partial charge is 0.267 e. The first-order chi connectivity index (χ1) is 14.0. The first-order valence-corrected chi connectivity index (χ1v) is 11.1. The van der Waals surface area contributed by atoms with Crippen LogP contribution in [0.5, 0.6) is 0 Å². The molecule has 0 aliphatic rings. The maximum atomic E-state index is 12.7. The molecular formula is C22H27N3O3S. The predicted octanol–water partition coefficient (Wildman–Crippen LogP) is 3.93. The summed E-state index contributed by atoms with van der Waals surface area (Å²) in [5, 5.41) is 3.87. The molecule has 0 radical (unpaired) electrons. The van der Waals surface area contributed by atoms with Crippen molar-refractivity contribution in [1.29, 1.82) is 0 Å². The quantitative estimate of drug-likeness (QED) is 0.473. The molecule has 0 aliphatic carbocycles. The van der Waals surface area contributed by atoms with Gasteiger partial charge in [0.1, 0.15) is 0 Å². The summed E-state index contributed by atoms with van der Waals surface area (Å²) in [6, 6.07) is 15.6. The van der Waals surface area contributed by atoms with Gasteiger partial charge in [-0.2, -0.15) is 9.41 Å². The number of carbonyl (C=O) groups excluding carboxylic acids is 1. The van der Waals surface area contributed by atoms with E-state index < -0.39 is 15.9 Å². The number of nitrogens with zero attached hydrogens (tertiary/aromatic N) is 2. The Labute approximate surface area is 173 Å². The second kappa shape index (κ2) is 11.3. The van der Waals surface area contributed by atoms with E-state index >= 15 is 0 Å². The number of amides is 1. The fourth-order valence-corrected chi connectivity index (χ4v) is 4.32. The second-order valence-corrected chi connectivity index (χ2v) is 8.36. The molecule has 1 amide bonds. The summed E-state index contributed by atoms with van der Waals surface area (Å²) in [7, 11) is -3.56. The van der Waals surface area contributed by atoms with Crippen molar-refractivity contribution >= 4 is 28.2 Å². The average Bonchev–Trinajstić information content (AvgIpc) is 2.74. The lowest BCUT2D eigenvalue weighted by Gasteiger charge is -2.21. The van der Waals surface area contributed by atoms with E-state index in [1.54, 1.807) is 6.08 Å². The van der Waals surface area contributed by atoms with E-state index in [1.807, 2.05) is 50.3 Å². The maximum absolute atomic E-state index is 12.7. The first kappa shape index (κ1) is 22.5. The Morgan fingerprint density at radius 2 is 1.62 bits per heavy atom. The standard InChI is InChI=1S/C22H27N3O3S/c1-3-17-25(18-4-2)29(27,28)21-14-12-20(13-15-21)22(26)24-23-16-8-11-19-9-6-5-7-10-19/h5-16H,3-4,17-18H2,1-2H3,(H,24,26)/b11-8+,23-16-. The van der Waals surface area contributed by atoms with Crippen LogP contribution in [0.25, 0.3) is 6.08 Å². The lowest BCUT2D eigenvalue weighted by atomic mass is 10.2. The van der Waals surface area contributed by atoms with Crippen LogP contribution >= 0.6 is 0 Å². The van der Waals surface area contributed by atoms with Gasteiger partial charge in [0.25, 0.3) is 5.91 Å². The summed E-state index contributed by atoms with van der Waals surface area (Å²) < 4.78 is 27.0. The van der Waals surface area contributed by atoms with Gasteiger partial charge in [-0.1, -0.05) is 50.3 Å². The van der Waals surface area contributed by atoms with E-state index in [9.17, 15) is 13.2 Å². The molecule has 0 unspecified atom stereocenters. The maximum Gasteiger partial charge on any atom is 0.271 e. The molecular weight excluding hydrogens is 386 g/mol. The van der Waals surface area contributed by atoms with Gasteiger partial charge in [-0.15, -0.1) is 0 Å². The molecule has 7 heteroatoms. The highest BCUT2D eigenvalue weighted by molar-refractivity contribution is 7.89. The lowest BCUT2D eigenvalue weighted by Crippen LogP contribution is -2.32. The van der Waals surface area contributed by atoms with Gasteiger partial charge in [0.15, 0.2) is 0 Å². The lowest BCUT2D eigenvalue weighted by molar-refractivity contribution is 0.0955. The number of sulfonamides is 1. The zero-order valence-corrected chi connectivity index (χ0v) is 17.6. The van der Waals surface area contributed by atoms with Gasteiger partial charge in [-0.25, -0.2) is 13.8 Å². The topological polar surface area (TPSA) is 78.8 Å². The van der Waals surface area contributed by atoms with Crippen molar-refractivity contribution in [2.24, 2.45) is 5.10 Å². The van der Waals surface area contributed by atoms with Gasteiger partial charge >= 0.3 is 0 Å². The molecule has 2 rings (SSSR count). The van der Waals surface area contributed by atoms with Crippen LogP contribution in [0.3, 0.4) is 0 Å². The van der Waals surface area contributed by atoms with Crippen LogP contribution in [0, 0.1) is 0 Å². The first-order valence-electron chi connectivity index (χ1n) is 9.64.